The first kappa shape index (κ1) is 11.5. The van der Waals surface area contributed by atoms with Crippen LogP contribution in [0.25, 0.3) is 0 Å². The van der Waals surface area contributed by atoms with Crippen molar-refractivity contribution in [3.63, 3.8) is 0 Å². The smallest absolute Gasteiger partial charge is 0.252 e. The Bertz CT molecular complexity index is 527. The number of H-pyrrole nitrogens is 1. The van der Waals surface area contributed by atoms with E-state index >= 15 is 0 Å². The fourth-order valence-corrected chi connectivity index (χ4v) is 5.47. The van der Waals surface area contributed by atoms with Gasteiger partial charge in [-0.3, -0.25) is 4.79 Å². The summed E-state index contributed by atoms with van der Waals surface area (Å²) in [4.78, 5) is 18.7. The van der Waals surface area contributed by atoms with Crippen molar-refractivity contribution in [1.29, 1.82) is 0 Å². The van der Waals surface area contributed by atoms with Crippen molar-refractivity contribution in [1.82, 2.24) is 9.97 Å². The van der Waals surface area contributed by atoms with Gasteiger partial charge in [0.25, 0.3) is 5.56 Å². The van der Waals surface area contributed by atoms with Crippen molar-refractivity contribution in [3.8, 4) is 0 Å². The van der Waals surface area contributed by atoms with E-state index in [9.17, 15) is 4.79 Å². The van der Waals surface area contributed by atoms with Gasteiger partial charge in [-0.25, -0.2) is 4.98 Å². The maximum atomic E-state index is 11.5. The molecule has 1 aromatic heterocycles. The van der Waals surface area contributed by atoms with E-state index in [1.54, 1.807) is 0 Å². The number of rotatable bonds is 2. The number of hydrogen-bond acceptors (Lipinski definition) is 3. The molecule has 0 radical (unpaired) electrons. The second-order valence-electron chi connectivity index (χ2n) is 7.21. The second kappa shape index (κ2) is 3.84. The first-order chi connectivity index (χ1) is 9.10. The van der Waals surface area contributed by atoms with Gasteiger partial charge in [0.15, 0.2) is 0 Å². The SMILES string of the molecule is Nc1cc(=O)[nH]c(CC23CC4CC(CC(C4)C2)C3)n1. The van der Waals surface area contributed by atoms with Gasteiger partial charge >= 0.3 is 0 Å². The second-order valence-corrected chi connectivity index (χ2v) is 7.21. The number of aromatic nitrogens is 2. The van der Waals surface area contributed by atoms with Crippen LogP contribution in [-0.4, -0.2) is 9.97 Å². The van der Waals surface area contributed by atoms with E-state index in [-0.39, 0.29) is 5.56 Å². The van der Waals surface area contributed by atoms with Gasteiger partial charge in [0.05, 0.1) is 0 Å². The number of nitrogens with zero attached hydrogens (tertiary/aromatic N) is 1. The average molecular weight is 259 g/mol. The Kier molecular flexibility index (Phi) is 2.32. The lowest BCUT2D eigenvalue weighted by Gasteiger charge is -2.56. The predicted octanol–water partition coefficient (Wildman–Crippen LogP) is 2.11. The van der Waals surface area contributed by atoms with Gasteiger partial charge in [-0.1, -0.05) is 0 Å². The summed E-state index contributed by atoms with van der Waals surface area (Å²) in [6.45, 7) is 0. The lowest BCUT2D eigenvalue weighted by molar-refractivity contribution is -0.0531. The molecule has 4 aliphatic carbocycles. The minimum atomic E-state index is -0.118. The molecule has 4 fully saturated rings. The van der Waals surface area contributed by atoms with Crippen LogP contribution in [0, 0.1) is 23.2 Å². The molecule has 0 amide bonds. The molecule has 1 aromatic rings. The molecule has 0 atom stereocenters. The van der Waals surface area contributed by atoms with Gasteiger partial charge in [-0.15, -0.1) is 0 Å². The highest BCUT2D eigenvalue weighted by Gasteiger charge is 2.50. The molecule has 4 heteroatoms. The summed E-state index contributed by atoms with van der Waals surface area (Å²) < 4.78 is 0. The highest BCUT2D eigenvalue weighted by Crippen LogP contribution is 2.60. The van der Waals surface area contributed by atoms with Gasteiger partial charge in [0, 0.05) is 12.5 Å². The van der Waals surface area contributed by atoms with Crippen LogP contribution in [-0.2, 0) is 6.42 Å². The molecule has 1 heterocycles. The first-order valence-electron chi connectivity index (χ1n) is 7.46. The van der Waals surface area contributed by atoms with Gasteiger partial charge in [0.2, 0.25) is 0 Å². The number of nitrogens with one attached hydrogen (secondary N) is 1. The van der Waals surface area contributed by atoms with E-state index in [0.717, 1.165) is 30.0 Å². The van der Waals surface area contributed by atoms with E-state index < -0.39 is 0 Å². The molecule has 4 saturated carbocycles. The molecule has 19 heavy (non-hydrogen) atoms. The third-order valence-corrected chi connectivity index (χ3v) is 5.52. The zero-order valence-electron chi connectivity index (χ0n) is 11.2. The largest absolute Gasteiger partial charge is 0.383 e. The summed E-state index contributed by atoms with van der Waals surface area (Å²) >= 11 is 0. The Morgan fingerprint density at radius 2 is 1.79 bits per heavy atom. The highest BCUT2D eigenvalue weighted by molar-refractivity contribution is 5.25. The van der Waals surface area contributed by atoms with E-state index in [1.807, 2.05) is 0 Å². The molecule has 4 aliphatic rings. The number of nitrogen functional groups attached to an aromatic ring is 1. The molecular weight excluding hydrogens is 238 g/mol. The molecule has 0 unspecified atom stereocenters. The molecule has 4 bridgehead atoms. The quantitative estimate of drug-likeness (QED) is 0.854. The van der Waals surface area contributed by atoms with Crippen molar-refractivity contribution < 1.29 is 0 Å². The maximum Gasteiger partial charge on any atom is 0.252 e. The van der Waals surface area contributed by atoms with Crippen molar-refractivity contribution in [3.05, 3.63) is 22.2 Å². The normalized spacial score (nSPS) is 39.7. The molecule has 4 nitrogen and oxygen atoms in total. The molecular formula is C15H21N3O. The van der Waals surface area contributed by atoms with Crippen molar-refractivity contribution in [2.45, 2.75) is 44.9 Å². The number of hydrogen-bond donors (Lipinski definition) is 2. The minimum absolute atomic E-state index is 0.118. The molecule has 5 rings (SSSR count). The van der Waals surface area contributed by atoms with Crippen LogP contribution in [0.4, 0.5) is 5.82 Å². The zero-order valence-corrected chi connectivity index (χ0v) is 11.2. The van der Waals surface area contributed by atoms with Crippen LogP contribution >= 0.6 is 0 Å². The lowest BCUT2D eigenvalue weighted by Crippen LogP contribution is -2.47. The van der Waals surface area contributed by atoms with Gasteiger partial charge in [0.1, 0.15) is 11.6 Å². The standard InChI is InChI=1S/C15H21N3O/c16-12-4-14(19)18-13(17-12)8-15-5-9-1-10(6-15)3-11(2-9)7-15/h4,9-11H,1-3,5-8H2,(H3,16,17,18,19). The number of anilines is 1. The van der Waals surface area contributed by atoms with Crippen molar-refractivity contribution in [2.24, 2.45) is 23.2 Å². The molecule has 0 spiro atoms. The Labute approximate surface area is 112 Å². The summed E-state index contributed by atoms with van der Waals surface area (Å²) in [5.74, 6) is 3.94. The summed E-state index contributed by atoms with van der Waals surface area (Å²) in [5.41, 5.74) is 5.98. The van der Waals surface area contributed by atoms with Crippen molar-refractivity contribution >= 4 is 5.82 Å². The summed E-state index contributed by atoms with van der Waals surface area (Å²) in [6.07, 6.45) is 9.24. The Hall–Kier alpha value is -1.32. The Morgan fingerprint density at radius 1 is 1.21 bits per heavy atom. The average Bonchev–Trinajstić information content (AvgIpc) is 2.23. The van der Waals surface area contributed by atoms with E-state index in [0.29, 0.717) is 11.2 Å². The molecule has 0 aliphatic heterocycles. The van der Waals surface area contributed by atoms with Gasteiger partial charge in [-0.2, -0.15) is 0 Å². The first-order valence-corrected chi connectivity index (χ1v) is 7.46. The van der Waals surface area contributed by atoms with E-state index in [4.69, 9.17) is 5.73 Å². The Balaban J connectivity index is 1.63. The number of aromatic amines is 1. The lowest BCUT2D eigenvalue weighted by atomic mass is 9.49. The summed E-state index contributed by atoms with van der Waals surface area (Å²) in [6, 6.07) is 1.36. The topological polar surface area (TPSA) is 71.8 Å². The number of nitrogens with two attached hydrogens (primary N) is 1. The van der Waals surface area contributed by atoms with Crippen molar-refractivity contribution in [2.75, 3.05) is 5.73 Å². The zero-order chi connectivity index (χ0) is 13.0. The third-order valence-electron chi connectivity index (χ3n) is 5.52. The summed E-state index contributed by atoms with van der Waals surface area (Å²) in [5, 5.41) is 0. The third kappa shape index (κ3) is 1.97. The van der Waals surface area contributed by atoms with Crippen LogP contribution in [0.3, 0.4) is 0 Å². The molecule has 0 aromatic carbocycles. The van der Waals surface area contributed by atoms with Crippen LogP contribution in [0.2, 0.25) is 0 Å². The van der Waals surface area contributed by atoms with Crippen LogP contribution < -0.4 is 11.3 Å². The van der Waals surface area contributed by atoms with Gasteiger partial charge in [-0.05, 0) is 61.7 Å². The van der Waals surface area contributed by atoms with Crippen LogP contribution in [0.15, 0.2) is 10.9 Å². The van der Waals surface area contributed by atoms with Crippen LogP contribution in [0.5, 0.6) is 0 Å². The van der Waals surface area contributed by atoms with E-state index in [2.05, 4.69) is 9.97 Å². The monoisotopic (exact) mass is 259 g/mol. The fourth-order valence-electron chi connectivity index (χ4n) is 5.47. The van der Waals surface area contributed by atoms with Gasteiger partial charge < -0.3 is 10.7 Å². The minimum Gasteiger partial charge on any atom is -0.383 e. The van der Waals surface area contributed by atoms with Crippen LogP contribution in [0.1, 0.15) is 44.3 Å². The Morgan fingerprint density at radius 3 is 2.32 bits per heavy atom. The fraction of sp³-hybridized carbons (Fsp3) is 0.733. The summed E-state index contributed by atoms with van der Waals surface area (Å²) in [7, 11) is 0. The predicted molar refractivity (Wildman–Crippen MR) is 73.6 cm³/mol. The maximum absolute atomic E-state index is 11.5. The van der Waals surface area contributed by atoms with E-state index in [1.165, 1.54) is 44.6 Å². The highest BCUT2D eigenvalue weighted by atomic mass is 16.1. The molecule has 102 valence electrons. The molecule has 0 saturated heterocycles. The molecule has 3 N–H and O–H groups in total.